The molecule has 4 nitrogen and oxygen atoms in total. The molecule has 0 bridgehead atoms. The lowest BCUT2D eigenvalue weighted by Crippen LogP contribution is -2.34. The number of hydrogen-bond donors (Lipinski definition) is 3. The van der Waals surface area contributed by atoms with Crippen LogP contribution in [0.15, 0.2) is 60.9 Å². The van der Waals surface area contributed by atoms with Crippen molar-refractivity contribution in [3.05, 3.63) is 77.6 Å². The predicted molar refractivity (Wildman–Crippen MR) is 113 cm³/mol. The molecule has 0 spiro atoms. The van der Waals surface area contributed by atoms with Crippen molar-refractivity contribution in [2.24, 2.45) is 5.41 Å². The molecule has 0 unspecified atom stereocenters. The Morgan fingerprint density at radius 2 is 1.52 bits per heavy atom. The number of carbonyl (C=O) groups excluding carboxylic acids is 1. The van der Waals surface area contributed by atoms with Crippen molar-refractivity contribution in [2.45, 2.75) is 47.2 Å². The van der Waals surface area contributed by atoms with Crippen LogP contribution < -0.4 is 16.0 Å². The molecule has 2 rings (SSSR count). The van der Waals surface area contributed by atoms with Gasteiger partial charge in [0.1, 0.15) is 0 Å². The van der Waals surface area contributed by atoms with Crippen LogP contribution in [0, 0.1) is 5.41 Å². The minimum Gasteiger partial charge on any atom is -0.368 e. The molecular formula is C23H31N3O. The summed E-state index contributed by atoms with van der Waals surface area (Å²) in [6, 6.07) is 16.5. The lowest BCUT2D eigenvalue weighted by atomic mass is 9.95. The Balaban J connectivity index is 1.80. The van der Waals surface area contributed by atoms with Gasteiger partial charge >= 0.3 is 0 Å². The number of rotatable bonds is 8. The van der Waals surface area contributed by atoms with Crippen LogP contribution in [0.3, 0.4) is 0 Å². The second-order valence-corrected chi connectivity index (χ2v) is 7.76. The number of anilines is 1. The van der Waals surface area contributed by atoms with Gasteiger partial charge in [0.25, 0.3) is 0 Å². The second-order valence-electron chi connectivity index (χ2n) is 7.76. The zero-order valence-corrected chi connectivity index (χ0v) is 16.9. The van der Waals surface area contributed by atoms with E-state index in [4.69, 9.17) is 0 Å². The standard InChI is InChI=1S/C23H31N3O/c1-6-18-8-7-9-21(14-18)26-17(2)24-15-19-10-12-20(13-11-19)16-25-22(27)23(3,4)5/h7-14,24,26H,2,6,15-16H2,1,3-5H3,(H,25,27). The van der Waals surface area contributed by atoms with Crippen molar-refractivity contribution >= 4 is 11.6 Å². The van der Waals surface area contributed by atoms with E-state index in [0.29, 0.717) is 13.1 Å². The van der Waals surface area contributed by atoms with Gasteiger partial charge in [0, 0.05) is 24.2 Å². The number of nitrogens with one attached hydrogen (secondary N) is 3. The fraction of sp³-hybridized carbons (Fsp3) is 0.348. The predicted octanol–water partition coefficient (Wildman–Crippen LogP) is 4.58. The summed E-state index contributed by atoms with van der Waals surface area (Å²) in [7, 11) is 0. The van der Waals surface area contributed by atoms with Gasteiger partial charge in [0.2, 0.25) is 5.91 Å². The molecule has 0 saturated heterocycles. The van der Waals surface area contributed by atoms with Gasteiger partial charge in [-0.15, -0.1) is 0 Å². The van der Waals surface area contributed by atoms with Crippen molar-refractivity contribution in [3.8, 4) is 0 Å². The summed E-state index contributed by atoms with van der Waals surface area (Å²) in [5.41, 5.74) is 4.21. The van der Waals surface area contributed by atoms with Crippen molar-refractivity contribution in [2.75, 3.05) is 5.32 Å². The largest absolute Gasteiger partial charge is 0.368 e. The van der Waals surface area contributed by atoms with E-state index >= 15 is 0 Å². The first-order valence-corrected chi connectivity index (χ1v) is 9.43. The third kappa shape index (κ3) is 6.81. The van der Waals surface area contributed by atoms with E-state index in [1.54, 1.807) is 0 Å². The summed E-state index contributed by atoms with van der Waals surface area (Å²) in [5, 5.41) is 9.56. The Labute approximate surface area is 163 Å². The highest BCUT2D eigenvalue weighted by atomic mass is 16.2. The smallest absolute Gasteiger partial charge is 0.225 e. The Morgan fingerprint density at radius 3 is 2.07 bits per heavy atom. The van der Waals surface area contributed by atoms with E-state index in [-0.39, 0.29) is 11.3 Å². The van der Waals surface area contributed by atoms with Gasteiger partial charge in [-0.2, -0.15) is 0 Å². The summed E-state index contributed by atoms with van der Waals surface area (Å²) < 4.78 is 0. The molecule has 0 atom stereocenters. The van der Waals surface area contributed by atoms with Crippen molar-refractivity contribution in [1.82, 2.24) is 10.6 Å². The summed E-state index contributed by atoms with van der Waals surface area (Å²) >= 11 is 0. The Kier molecular flexibility index (Phi) is 7.05. The normalized spacial score (nSPS) is 11.0. The SMILES string of the molecule is C=C(NCc1ccc(CNC(=O)C(C)(C)C)cc1)Nc1cccc(CC)c1. The van der Waals surface area contributed by atoms with E-state index in [1.165, 1.54) is 5.56 Å². The van der Waals surface area contributed by atoms with E-state index in [0.717, 1.165) is 29.1 Å². The minimum absolute atomic E-state index is 0.0581. The third-order valence-electron chi connectivity index (χ3n) is 4.29. The average molecular weight is 366 g/mol. The molecule has 1 amide bonds. The molecule has 0 aliphatic heterocycles. The van der Waals surface area contributed by atoms with Crippen LogP contribution in [0.1, 0.15) is 44.4 Å². The van der Waals surface area contributed by atoms with Crippen LogP contribution in [0.25, 0.3) is 0 Å². The van der Waals surface area contributed by atoms with Crippen LogP contribution in [0.5, 0.6) is 0 Å². The highest BCUT2D eigenvalue weighted by molar-refractivity contribution is 5.81. The van der Waals surface area contributed by atoms with Crippen molar-refractivity contribution in [3.63, 3.8) is 0 Å². The molecule has 27 heavy (non-hydrogen) atoms. The zero-order chi connectivity index (χ0) is 19.9. The highest BCUT2D eigenvalue weighted by Gasteiger charge is 2.20. The van der Waals surface area contributed by atoms with Crippen molar-refractivity contribution < 1.29 is 4.79 Å². The quantitative estimate of drug-likeness (QED) is 0.641. The molecule has 2 aromatic rings. The fourth-order valence-corrected chi connectivity index (χ4v) is 2.52. The molecule has 4 heteroatoms. The minimum atomic E-state index is -0.367. The monoisotopic (exact) mass is 365 g/mol. The fourth-order valence-electron chi connectivity index (χ4n) is 2.52. The molecule has 0 fully saturated rings. The van der Waals surface area contributed by atoms with E-state index in [9.17, 15) is 4.79 Å². The zero-order valence-electron chi connectivity index (χ0n) is 16.9. The van der Waals surface area contributed by atoms with Gasteiger partial charge in [-0.25, -0.2) is 0 Å². The molecule has 0 aliphatic carbocycles. The summed E-state index contributed by atoms with van der Waals surface area (Å²) in [6.45, 7) is 13.2. The number of carbonyl (C=O) groups is 1. The summed E-state index contributed by atoms with van der Waals surface area (Å²) in [4.78, 5) is 11.9. The van der Waals surface area contributed by atoms with Gasteiger partial charge in [0.05, 0.1) is 5.82 Å². The summed E-state index contributed by atoms with van der Waals surface area (Å²) in [5.74, 6) is 0.826. The average Bonchev–Trinajstić information content (AvgIpc) is 2.64. The first-order chi connectivity index (χ1) is 12.8. The molecule has 0 aromatic heterocycles. The lowest BCUT2D eigenvalue weighted by Gasteiger charge is -2.17. The maximum absolute atomic E-state index is 11.9. The molecule has 3 N–H and O–H groups in total. The van der Waals surface area contributed by atoms with Gasteiger partial charge < -0.3 is 16.0 Å². The van der Waals surface area contributed by atoms with E-state index in [2.05, 4.69) is 53.7 Å². The van der Waals surface area contributed by atoms with Crippen LogP contribution in [-0.4, -0.2) is 5.91 Å². The molecule has 0 heterocycles. The topological polar surface area (TPSA) is 53.2 Å². The number of aryl methyl sites for hydroxylation is 1. The Morgan fingerprint density at radius 1 is 0.926 bits per heavy atom. The molecule has 0 radical (unpaired) electrons. The van der Waals surface area contributed by atoms with Gasteiger partial charge in [-0.1, -0.05) is 70.7 Å². The van der Waals surface area contributed by atoms with Crippen LogP contribution >= 0.6 is 0 Å². The molecule has 0 aliphatic rings. The van der Waals surface area contributed by atoms with Crippen LogP contribution in [0.4, 0.5) is 5.69 Å². The molecule has 144 valence electrons. The van der Waals surface area contributed by atoms with Crippen LogP contribution in [0.2, 0.25) is 0 Å². The number of amides is 1. The third-order valence-corrected chi connectivity index (χ3v) is 4.29. The first kappa shape index (κ1) is 20.6. The second kappa shape index (κ2) is 9.26. The van der Waals surface area contributed by atoms with Gasteiger partial charge in [0.15, 0.2) is 0 Å². The number of hydrogen-bond acceptors (Lipinski definition) is 3. The van der Waals surface area contributed by atoms with Gasteiger partial charge in [-0.3, -0.25) is 4.79 Å². The highest BCUT2D eigenvalue weighted by Crippen LogP contribution is 2.14. The Hall–Kier alpha value is -2.75. The van der Waals surface area contributed by atoms with Crippen LogP contribution in [-0.2, 0) is 24.3 Å². The molecular weight excluding hydrogens is 334 g/mol. The molecule has 2 aromatic carbocycles. The summed E-state index contributed by atoms with van der Waals surface area (Å²) in [6.07, 6.45) is 1.01. The van der Waals surface area contributed by atoms with Gasteiger partial charge in [-0.05, 0) is 35.2 Å². The number of benzene rings is 2. The first-order valence-electron chi connectivity index (χ1n) is 9.43. The maximum atomic E-state index is 11.9. The maximum Gasteiger partial charge on any atom is 0.225 e. The Bertz CT molecular complexity index is 773. The van der Waals surface area contributed by atoms with E-state index in [1.807, 2.05) is 45.0 Å². The van der Waals surface area contributed by atoms with Crippen molar-refractivity contribution in [1.29, 1.82) is 0 Å². The molecule has 0 saturated carbocycles. The van der Waals surface area contributed by atoms with E-state index < -0.39 is 0 Å². The lowest BCUT2D eigenvalue weighted by molar-refractivity contribution is -0.128.